The monoisotopic (exact) mass is 500 g/mol. The fourth-order valence-electron chi connectivity index (χ4n) is 4.19. The largest absolute Gasteiger partial charge is 0.522 e. The number of carbonyl (C=O) groups excluding carboxylic acids is 1. The number of carbonyl (C=O) groups is 1. The SMILES string of the molecule is CCOc1nc(C(=O)N2CC[C@]3(c4cccc(F)c4)OCOC3C2)ccc1OCCOC(F)(F)F. The van der Waals surface area contributed by atoms with E-state index in [1.807, 2.05) is 0 Å². The van der Waals surface area contributed by atoms with E-state index < -0.39 is 24.7 Å². The van der Waals surface area contributed by atoms with Gasteiger partial charge in [-0.2, -0.15) is 0 Å². The zero-order chi connectivity index (χ0) is 25.1. The average Bonchev–Trinajstić information content (AvgIpc) is 3.26. The minimum Gasteiger partial charge on any atom is -0.486 e. The lowest BCUT2D eigenvalue weighted by Crippen LogP contribution is -2.53. The van der Waals surface area contributed by atoms with Crippen molar-refractivity contribution in [3.05, 3.63) is 53.5 Å². The summed E-state index contributed by atoms with van der Waals surface area (Å²) in [5.74, 6) is -0.701. The number of pyridine rings is 1. The number of benzene rings is 1. The Balaban J connectivity index is 1.45. The topological polar surface area (TPSA) is 79.4 Å². The zero-order valence-electron chi connectivity index (χ0n) is 18.8. The summed E-state index contributed by atoms with van der Waals surface area (Å²) in [7, 11) is 0. The van der Waals surface area contributed by atoms with Gasteiger partial charge in [0.2, 0.25) is 0 Å². The molecule has 2 aliphatic heterocycles. The quantitative estimate of drug-likeness (QED) is 0.405. The van der Waals surface area contributed by atoms with Gasteiger partial charge in [0.1, 0.15) is 36.6 Å². The van der Waals surface area contributed by atoms with Crippen LogP contribution in [0.15, 0.2) is 36.4 Å². The van der Waals surface area contributed by atoms with Crippen LogP contribution in [-0.2, 0) is 19.8 Å². The molecular formula is C23H24F4N2O6. The molecule has 1 aromatic heterocycles. The van der Waals surface area contributed by atoms with E-state index in [1.54, 1.807) is 24.0 Å². The van der Waals surface area contributed by atoms with Gasteiger partial charge in [0.15, 0.2) is 5.75 Å². The van der Waals surface area contributed by atoms with Crippen molar-refractivity contribution in [2.24, 2.45) is 0 Å². The molecular weight excluding hydrogens is 476 g/mol. The van der Waals surface area contributed by atoms with Gasteiger partial charge >= 0.3 is 6.36 Å². The molecule has 35 heavy (non-hydrogen) atoms. The van der Waals surface area contributed by atoms with Gasteiger partial charge in [-0.05, 0) is 36.8 Å². The molecule has 2 fully saturated rings. The molecule has 0 aliphatic carbocycles. The average molecular weight is 500 g/mol. The van der Waals surface area contributed by atoms with Crippen molar-refractivity contribution in [2.75, 3.05) is 39.7 Å². The van der Waals surface area contributed by atoms with Gasteiger partial charge in [0.05, 0.1) is 19.8 Å². The Morgan fingerprint density at radius 3 is 2.80 bits per heavy atom. The number of hydrogen-bond donors (Lipinski definition) is 0. The minimum atomic E-state index is -4.75. The van der Waals surface area contributed by atoms with Crippen LogP contribution in [0, 0.1) is 5.82 Å². The minimum absolute atomic E-state index is 0.0167. The highest BCUT2D eigenvalue weighted by Gasteiger charge is 2.51. The first-order valence-corrected chi connectivity index (χ1v) is 11.0. The molecule has 0 radical (unpaired) electrons. The van der Waals surface area contributed by atoms with Crippen LogP contribution >= 0.6 is 0 Å². The molecule has 8 nitrogen and oxygen atoms in total. The fraction of sp³-hybridized carbons (Fsp3) is 0.478. The summed E-state index contributed by atoms with van der Waals surface area (Å²) in [6, 6.07) is 8.96. The number of likely N-dealkylation sites (tertiary alicyclic amines) is 1. The first kappa shape index (κ1) is 25.1. The third-order valence-corrected chi connectivity index (χ3v) is 5.78. The molecule has 1 unspecified atom stereocenters. The van der Waals surface area contributed by atoms with Crippen molar-refractivity contribution < 1.29 is 46.0 Å². The summed E-state index contributed by atoms with van der Waals surface area (Å²) >= 11 is 0. The molecule has 0 N–H and O–H groups in total. The first-order valence-electron chi connectivity index (χ1n) is 11.0. The van der Waals surface area contributed by atoms with E-state index in [1.165, 1.54) is 24.3 Å². The maximum absolute atomic E-state index is 13.8. The van der Waals surface area contributed by atoms with E-state index in [2.05, 4.69) is 9.72 Å². The molecule has 3 heterocycles. The van der Waals surface area contributed by atoms with Crippen LogP contribution in [0.2, 0.25) is 0 Å². The van der Waals surface area contributed by atoms with Crippen molar-refractivity contribution in [1.82, 2.24) is 9.88 Å². The van der Waals surface area contributed by atoms with Crippen molar-refractivity contribution in [3.63, 3.8) is 0 Å². The normalized spacial score (nSPS) is 22.1. The lowest BCUT2D eigenvalue weighted by molar-refractivity contribution is -0.325. The van der Waals surface area contributed by atoms with Crippen LogP contribution in [0.3, 0.4) is 0 Å². The maximum atomic E-state index is 13.8. The highest BCUT2D eigenvalue weighted by molar-refractivity contribution is 5.92. The Kier molecular flexibility index (Phi) is 7.43. The molecule has 2 saturated heterocycles. The predicted molar refractivity (Wildman–Crippen MR) is 112 cm³/mol. The molecule has 1 aromatic carbocycles. The van der Waals surface area contributed by atoms with Crippen molar-refractivity contribution in [3.8, 4) is 11.6 Å². The number of hydrogen-bond acceptors (Lipinski definition) is 7. The zero-order valence-corrected chi connectivity index (χ0v) is 18.8. The van der Waals surface area contributed by atoms with Gasteiger partial charge in [0, 0.05) is 13.0 Å². The van der Waals surface area contributed by atoms with Crippen LogP contribution in [-0.4, -0.2) is 68.0 Å². The van der Waals surface area contributed by atoms with Gasteiger partial charge in [-0.3, -0.25) is 9.53 Å². The second-order valence-electron chi connectivity index (χ2n) is 7.89. The molecule has 2 aromatic rings. The summed E-state index contributed by atoms with van der Waals surface area (Å²) < 4.78 is 76.2. The van der Waals surface area contributed by atoms with Crippen molar-refractivity contribution in [2.45, 2.75) is 31.4 Å². The molecule has 2 atom stereocenters. The van der Waals surface area contributed by atoms with E-state index in [4.69, 9.17) is 18.9 Å². The van der Waals surface area contributed by atoms with E-state index >= 15 is 0 Å². The number of alkyl halides is 3. The Labute approximate surface area is 198 Å². The molecule has 0 saturated carbocycles. The van der Waals surface area contributed by atoms with Crippen molar-refractivity contribution >= 4 is 5.91 Å². The summed E-state index contributed by atoms with van der Waals surface area (Å²) in [5, 5.41) is 0. The van der Waals surface area contributed by atoms with Gasteiger partial charge in [0.25, 0.3) is 11.8 Å². The highest BCUT2D eigenvalue weighted by atomic mass is 19.4. The van der Waals surface area contributed by atoms with E-state index in [9.17, 15) is 22.4 Å². The lowest BCUT2D eigenvalue weighted by Gasteiger charge is -2.41. The summed E-state index contributed by atoms with van der Waals surface area (Å²) in [6.45, 7) is 1.35. The molecule has 12 heteroatoms. The lowest BCUT2D eigenvalue weighted by atomic mass is 9.82. The third kappa shape index (κ3) is 5.65. The Bertz CT molecular complexity index is 1050. The van der Waals surface area contributed by atoms with Gasteiger partial charge in [-0.15, -0.1) is 13.2 Å². The first-order chi connectivity index (χ1) is 16.7. The van der Waals surface area contributed by atoms with E-state index in [-0.39, 0.29) is 55.6 Å². The Morgan fingerprint density at radius 1 is 1.23 bits per heavy atom. The second kappa shape index (κ2) is 10.3. The molecule has 1 amide bonds. The maximum Gasteiger partial charge on any atom is 0.522 e. The smallest absolute Gasteiger partial charge is 0.486 e. The van der Waals surface area contributed by atoms with Crippen LogP contribution < -0.4 is 9.47 Å². The van der Waals surface area contributed by atoms with Crippen LogP contribution in [0.5, 0.6) is 11.6 Å². The number of halogens is 4. The number of nitrogens with zero attached hydrogens (tertiary/aromatic N) is 2. The molecule has 4 rings (SSSR count). The van der Waals surface area contributed by atoms with Crippen molar-refractivity contribution in [1.29, 1.82) is 0 Å². The molecule has 0 bridgehead atoms. The fourth-order valence-corrected chi connectivity index (χ4v) is 4.19. The van der Waals surface area contributed by atoms with E-state index in [0.717, 1.165) is 0 Å². The molecule has 190 valence electrons. The van der Waals surface area contributed by atoms with Crippen LogP contribution in [0.1, 0.15) is 29.4 Å². The van der Waals surface area contributed by atoms with Crippen LogP contribution in [0.4, 0.5) is 17.6 Å². The molecule has 0 spiro atoms. The number of rotatable bonds is 8. The van der Waals surface area contributed by atoms with E-state index in [0.29, 0.717) is 18.5 Å². The summed E-state index contributed by atoms with van der Waals surface area (Å²) in [4.78, 5) is 19.0. The highest BCUT2D eigenvalue weighted by Crippen LogP contribution is 2.43. The Hall–Kier alpha value is -2.96. The van der Waals surface area contributed by atoms with Gasteiger partial charge < -0.3 is 23.8 Å². The number of ether oxygens (including phenoxy) is 5. The second-order valence-corrected chi connectivity index (χ2v) is 7.89. The number of amides is 1. The summed E-state index contributed by atoms with van der Waals surface area (Å²) in [6.07, 6.45) is -4.86. The van der Waals surface area contributed by atoms with Gasteiger partial charge in [-0.1, -0.05) is 12.1 Å². The standard InChI is InChI=1S/C23H24F4N2O6/c1-2-31-20-18(32-10-11-34-23(25,26)27)7-6-17(28-20)21(30)29-9-8-22(19(13-29)33-14-35-22)15-4-3-5-16(24)12-15/h3-7,12,19H,2,8-11,13-14H2,1H3/t19?,22-/m1/s1. The summed E-state index contributed by atoms with van der Waals surface area (Å²) in [5.41, 5.74) is -0.122. The number of aromatic nitrogens is 1. The predicted octanol–water partition coefficient (Wildman–Crippen LogP) is 3.65. The number of piperidine rings is 1. The van der Waals surface area contributed by atoms with Crippen LogP contribution in [0.25, 0.3) is 0 Å². The van der Waals surface area contributed by atoms with Gasteiger partial charge in [-0.25, -0.2) is 9.37 Å². The number of fused-ring (bicyclic) bond motifs is 1. The molecule has 2 aliphatic rings. The Morgan fingerprint density at radius 2 is 2.06 bits per heavy atom. The third-order valence-electron chi connectivity index (χ3n) is 5.78.